The van der Waals surface area contributed by atoms with Crippen LogP contribution in [0.25, 0.3) is 0 Å². The van der Waals surface area contributed by atoms with Crippen molar-refractivity contribution in [3.63, 3.8) is 0 Å². The van der Waals surface area contributed by atoms with Crippen LogP contribution in [0.3, 0.4) is 0 Å². The summed E-state index contributed by atoms with van der Waals surface area (Å²) in [5.41, 5.74) is 0.870. The van der Waals surface area contributed by atoms with Gasteiger partial charge in [0.1, 0.15) is 5.02 Å². The molecule has 8 heteroatoms. The van der Waals surface area contributed by atoms with Crippen LogP contribution in [0.5, 0.6) is 0 Å². The first-order chi connectivity index (χ1) is 9.90. The summed E-state index contributed by atoms with van der Waals surface area (Å²) in [6, 6.07) is 4.12. The second-order valence-corrected chi connectivity index (χ2v) is 5.00. The second kappa shape index (κ2) is 6.07. The molecule has 0 radical (unpaired) electrons. The van der Waals surface area contributed by atoms with E-state index in [4.69, 9.17) is 23.2 Å². The lowest BCUT2D eigenvalue weighted by Gasteiger charge is -2.09. The maximum atomic E-state index is 12.1. The maximum absolute atomic E-state index is 12.1. The van der Waals surface area contributed by atoms with Crippen molar-refractivity contribution in [1.29, 1.82) is 0 Å². The Bertz CT molecular complexity index is 735. The summed E-state index contributed by atoms with van der Waals surface area (Å²) in [6.45, 7) is 1.63. The maximum Gasteiger partial charge on any atom is 0.288 e. The Labute approximate surface area is 129 Å². The summed E-state index contributed by atoms with van der Waals surface area (Å²) in [7, 11) is 0. The van der Waals surface area contributed by atoms with E-state index < -0.39 is 10.8 Å². The molecule has 0 unspecified atom stereocenters. The minimum atomic E-state index is -0.584. The Morgan fingerprint density at radius 1 is 1.33 bits per heavy atom. The molecular formula is C13H9Cl2N3O3. The Morgan fingerprint density at radius 2 is 2.05 bits per heavy atom. The van der Waals surface area contributed by atoms with Gasteiger partial charge in [0.15, 0.2) is 0 Å². The Morgan fingerprint density at radius 3 is 2.67 bits per heavy atom. The van der Waals surface area contributed by atoms with Crippen molar-refractivity contribution >= 4 is 40.5 Å². The van der Waals surface area contributed by atoms with Gasteiger partial charge in [-0.3, -0.25) is 19.9 Å². The van der Waals surface area contributed by atoms with Gasteiger partial charge in [-0.2, -0.15) is 0 Å². The number of rotatable bonds is 3. The Balaban J connectivity index is 2.32. The van der Waals surface area contributed by atoms with Gasteiger partial charge >= 0.3 is 0 Å². The summed E-state index contributed by atoms with van der Waals surface area (Å²) in [5, 5.41) is 13.6. The van der Waals surface area contributed by atoms with E-state index in [1.165, 1.54) is 30.6 Å². The number of carbonyl (C=O) groups is 1. The van der Waals surface area contributed by atoms with Crippen molar-refractivity contribution in [1.82, 2.24) is 4.98 Å². The number of aromatic nitrogens is 1. The molecule has 0 aliphatic heterocycles. The van der Waals surface area contributed by atoms with E-state index in [0.29, 0.717) is 11.3 Å². The van der Waals surface area contributed by atoms with Gasteiger partial charge in [-0.1, -0.05) is 23.2 Å². The number of halogens is 2. The van der Waals surface area contributed by atoms with Crippen LogP contribution in [0.1, 0.15) is 15.9 Å². The number of hydrogen-bond donors (Lipinski definition) is 1. The summed E-state index contributed by atoms with van der Waals surface area (Å²) in [5.74, 6) is -0.471. The van der Waals surface area contributed by atoms with Crippen LogP contribution >= 0.6 is 23.2 Å². The average molecular weight is 326 g/mol. The molecule has 0 atom stereocenters. The molecule has 2 aromatic rings. The SMILES string of the molecule is Cc1cc([N+](=O)[O-])c(Cl)cc1NC(=O)c1cnccc1Cl. The van der Waals surface area contributed by atoms with E-state index >= 15 is 0 Å². The van der Waals surface area contributed by atoms with E-state index in [2.05, 4.69) is 10.3 Å². The predicted molar refractivity (Wildman–Crippen MR) is 80.0 cm³/mol. The third-order valence-corrected chi connectivity index (χ3v) is 3.38. The molecular weight excluding hydrogens is 317 g/mol. The van der Waals surface area contributed by atoms with Gasteiger partial charge in [-0.25, -0.2) is 0 Å². The zero-order chi connectivity index (χ0) is 15.6. The van der Waals surface area contributed by atoms with E-state index in [-0.39, 0.29) is 21.3 Å². The lowest BCUT2D eigenvalue weighted by atomic mass is 10.1. The monoisotopic (exact) mass is 325 g/mol. The topological polar surface area (TPSA) is 85.1 Å². The highest BCUT2D eigenvalue weighted by molar-refractivity contribution is 6.34. The molecule has 0 aliphatic rings. The first kappa shape index (κ1) is 15.2. The van der Waals surface area contributed by atoms with Gasteiger partial charge in [0, 0.05) is 24.1 Å². The summed E-state index contributed by atoms with van der Waals surface area (Å²) in [6.07, 6.45) is 2.80. The number of benzene rings is 1. The number of nitro benzene ring substituents is 1. The molecule has 1 aromatic carbocycles. The molecule has 1 N–H and O–H groups in total. The molecule has 0 spiro atoms. The first-order valence-electron chi connectivity index (χ1n) is 5.75. The molecule has 0 saturated heterocycles. The molecule has 108 valence electrons. The second-order valence-electron chi connectivity index (χ2n) is 4.19. The van der Waals surface area contributed by atoms with Crippen molar-refractivity contribution in [2.75, 3.05) is 5.32 Å². The van der Waals surface area contributed by atoms with Crippen molar-refractivity contribution in [3.8, 4) is 0 Å². The molecule has 1 heterocycles. The van der Waals surface area contributed by atoms with Crippen LogP contribution in [0, 0.1) is 17.0 Å². The average Bonchev–Trinajstić information content (AvgIpc) is 2.42. The number of nitrogens with one attached hydrogen (secondary N) is 1. The number of hydrogen-bond acceptors (Lipinski definition) is 4. The minimum absolute atomic E-state index is 0.0572. The predicted octanol–water partition coefficient (Wildman–Crippen LogP) is 3.86. The third-order valence-electron chi connectivity index (χ3n) is 2.75. The number of carbonyl (C=O) groups excluding carboxylic acids is 1. The largest absolute Gasteiger partial charge is 0.322 e. The Hall–Kier alpha value is -2.18. The number of amides is 1. The summed E-state index contributed by atoms with van der Waals surface area (Å²) < 4.78 is 0. The van der Waals surface area contributed by atoms with Crippen molar-refractivity contribution < 1.29 is 9.72 Å². The van der Waals surface area contributed by atoms with Crippen molar-refractivity contribution in [2.45, 2.75) is 6.92 Å². The molecule has 0 saturated carbocycles. The number of pyridine rings is 1. The van der Waals surface area contributed by atoms with Crippen LogP contribution in [0.15, 0.2) is 30.6 Å². The molecule has 6 nitrogen and oxygen atoms in total. The van der Waals surface area contributed by atoms with Crippen LogP contribution < -0.4 is 5.32 Å². The zero-order valence-electron chi connectivity index (χ0n) is 10.8. The van der Waals surface area contributed by atoms with E-state index in [0.717, 1.165) is 0 Å². The van der Waals surface area contributed by atoms with Crippen molar-refractivity contribution in [2.24, 2.45) is 0 Å². The number of aryl methyl sites for hydroxylation is 1. The first-order valence-corrected chi connectivity index (χ1v) is 6.51. The molecule has 1 aromatic heterocycles. The fourth-order valence-electron chi connectivity index (χ4n) is 1.68. The van der Waals surface area contributed by atoms with E-state index in [1.54, 1.807) is 6.92 Å². The van der Waals surface area contributed by atoms with Gasteiger partial charge in [-0.15, -0.1) is 0 Å². The zero-order valence-corrected chi connectivity index (χ0v) is 12.3. The lowest BCUT2D eigenvalue weighted by Crippen LogP contribution is -2.13. The fraction of sp³-hybridized carbons (Fsp3) is 0.0769. The third kappa shape index (κ3) is 3.29. The normalized spacial score (nSPS) is 10.2. The lowest BCUT2D eigenvalue weighted by molar-refractivity contribution is -0.384. The molecule has 1 amide bonds. The van der Waals surface area contributed by atoms with Crippen LogP contribution in [0.2, 0.25) is 10.0 Å². The van der Waals surface area contributed by atoms with Crippen LogP contribution in [-0.4, -0.2) is 15.8 Å². The van der Waals surface area contributed by atoms with E-state index in [9.17, 15) is 14.9 Å². The van der Waals surface area contributed by atoms with Crippen molar-refractivity contribution in [3.05, 3.63) is 61.9 Å². The summed E-state index contributed by atoms with van der Waals surface area (Å²) >= 11 is 11.7. The standard InChI is InChI=1S/C13H9Cl2N3O3/c1-7-4-12(18(20)21)10(15)5-11(7)17-13(19)8-6-16-3-2-9(8)14/h2-6H,1H3,(H,17,19). The van der Waals surface area contributed by atoms with Gasteiger partial charge in [-0.05, 0) is 24.6 Å². The van der Waals surface area contributed by atoms with Gasteiger partial charge in [0.25, 0.3) is 11.6 Å². The van der Waals surface area contributed by atoms with Crippen LogP contribution in [-0.2, 0) is 0 Å². The summed E-state index contributed by atoms with van der Waals surface area (Å²) in [4.78, 5) is 26.1. The highest BCUT2D eigenvalue weighted by Gasteiger charge is 2.17. The Kier molecular flexibility index (Phi) is 4.40. The molecule has 2 rings (SSSR count). The highest BCUT2D eigenvalue weighted by atomic mass is 35.5. The number of nitrogens with zero attached hydrogens (tertiary/aromatic N) is 2. The highest BCUT2D eigenvalue weighted by Crippen LogP contribution is 2.31. The number of anilines is 1. The molecule has 0 bridgehead atoms. The van der Waals surface area contributed by atoms with Gasteiger partial charge < -0.3 is 5.32 Å². The molecule has 0 fully saturated rings. The molecule has 0 aliphatic carbocycles. The minimum Gasteiger partial charge on any atom is -0.322 e. The quantitative estimate of drug-likeness (QED) is 0.685. The number of nitro groups is 1. The molecule has 21 heavy (non-hydrogen) atoms. The van der Waals surface area contributed by atoms with E-state index in [1.807, 2.05) is 0 Å². The van der Waals surface area contributed by atoms with Crippen LogP contribution in [0.4, 0.5) is 11.4 Å². The smallest absolute Gasteiger partial charge is 0.288 e. The van der Waals surface area contributed by atoms with Gasteiger partial charge in [0.2, 0.25) is 0 Å². The fourth-order valence-corrected chi connectivity index (χ4v) is 2.10. The van der Waals surface area contributed by atoms with Gasteiger partial charge in [0.05, 0.1) is 15.5 Å².